The van der Waals surface area contributed by atoms with Crippen LogP contribution in [0.1, 0.15) is 43.0 Å². The van der Waals surface area contributed by atoms with Crippen LogP contribution in [-0.2, 0) is 26.2 Å². The van der Waals surface area contributed by atoms with Crippen LogP contribution in [0.2, 0.25) is 0 Å². The molecule has 1 atom stereocenters. The summed E-state index contributed by atoms with van der Waals surface area (Å²) in [7, 11) is 1.30. The molecule has 0 aliphatic heterocycles. The molecule has 1 aromatic heterocycles. The number of hydrogen-bond donors (Lipinski definition) is 1. The molecule has 4 aromatic carbocycles. The molecule has 0 saturated heterocycles. The van der Waals surface area contributed by atoms with E-state index in [1.165, 1.54) is 7.11 Å². The molecule has 5 aromatic rings. The summed E-state index contributed by atoms with van der Waals surface area (Å²) >= 11 is 0. The molecule has 0 unspecified atom stereocenters. The highest BCUT2D eigenvalue weighted by Crippen LogP contribution is 2.41. The summed E-state index contributed by atoms with van der Waals surface area (Å²) in [5.74, 6) is -0.541. The highest BCUT2D eigenvalue weighted by Gasteiger charge is 2.39. The number of esters is 1. The Morgan fingerprint density at radius 1 is 0.750 bits per heavy atom. The first-order valence-electron chi connectivity index (χ1n) is 14.6. The molecule has 5 rings (SSSR count). The second-order valence-corrected chi connectivity index (χ2v) is 11.6. The zero-order valence-corrected chi connectivity index (χ0v) is 25.4. The quantitative estimate of drug-likeness (QED) is 0.148. The number of amides is 1. The standard InChI is InChI=1S/C37H37N3O4/c1-36(2,3)44-35(42)39-33(34(41)43-4)24-27-20-22-28(23-21-27)29-25-38-40(26-29)37(30-14-8-5-9-15-30,31-16-10-6-11-17-31)32-18-12-7-13-19-32/h5-23,25-26,33H,24H2,1-4H3,(H,39,42)/t33-/m0/s1. The van der Waals surface area contributed by atoms with Gasteiger partial charge in [-0.1, -0.05) is 115 Å². The molecule has 44 heavy (non-hydrogen) atoms. The number of alkyl carbamates (subject to hydrolysis) is 1. The van der Waals surface area contributed by atoms with Gasteiger partial charge in [-0.25, -0.2) is 9.59 Å². The maximum Gasteiger partial charge on any atom is 0.408 e. The molecule has 0 bridgehead atoms. The predicted molar refractivity (Wildman–Crippen MR) is 171 cm³/mol. The SMILES string of the molecule is COC(=O)[C@H](Cc1ccc(-c2cnn(C(c3ccccc3)(c3ccccc3)c3ccccc3)c2)cc1)NC(=O)OC(C)(C)C. The van der Waals surface area contributed by atoms with Crippen LogP contribution in [0.3, 0.4) is 0 Å². The highest BCUT2D eigenvalue weighted by molar-refractivity contribution is 5.81. The van der Waals surface area contributed by atoms with E-state index >= 15 is 0 Å². The van der Waals surface area contributed by atoms with Crippen LogP contribution >= 0.6 is 0 Å². The summed E-state index contributed by atoms with van der Waals surface area (Å²) < 4.78 is 12.3. The fraction of sp³-hybridized carbons (Fsp3) is 0.216. The Labute approximate surface area is 258 Å². The highest BCUT2D eigenvalue weighted by atomic mass is 16.6. The van der Waals surface area contributed by atoms with Crippen LogP contribution < -0.4 is 5.32 Å². The lowest BCUT2D eigenvalue weighted by molar-refractivity contribution is -0.143. The molecule has 7 nitrogen and oxygen atoms in total. The number of nitrogens with one attached hydrogen (secondary N) is 1. The third-order valence-electron chi connectivity index (χ3n) is 7.40. The third-order valence-corrected chi connectivity index (χ3v) is 7.40. The number of rotatable bonds is 9. The molecular formula is C37H37N3O4. The van der Waals surface area contributed by atoms with E-state index in [2.05, 4.69) is 84.3 Å². The van der Waals surface area contributed by atoms with Crippen LogP contribution in [0.15, 0.2) is 128 Å². The molecule has 0 aliphatic rings. The molecule has 1 N–H and O–H groups in total. The lowest BCUT2D eigenvalue weighted by Gasteiger charge is -2.36. The van der Waals surface area contributed by atoms with Crippen LogP contribution in [0.4, 0.5) is 4.79 Å². The van der Waals surface area contributed by atoms with Gasteiger partial charge in [0.25, 0.3) is 0 Å². The summed E-state index contributed by atoms with van der Waals surface area (Å²) in [6.45, 7) is 5.30. The molecule has 0 fully saturated rings. The van der Waals surface area contributed by atoms with Gasteiger partial charge in [0.15, 0.2) is 0 Å². The Morgan fingerprint density at radius 3 is 1.70 bits per heavy atom. The number of nitrogens with zero attached hydrogens (tertiary/aromatic N) is 2. The number of carbonyl (C=O) groups excluding carboxylic acids is 2. The van der Waals surface area contributed by atoms with E-state index in [1.54, 1.807) is 20.8 Å². The van der Waals surface area contributed by atoms with Gasteiger partial charge in [0, 0.05) is 18.2 Å². The van der Waals surface area contributed by atoms with Crippen molar-refractivity contribution >= 4 is 12.1 Å². The minimum Gasteiger partial charge on any atom is -0.467 e. The van der Waals surface area contributed by atoms with Crippen molar-refractivity contribution in [2.75, 3.05) is 7.11 Å². The largest absolute Gasteiger partial charge is 0.467 e. The van der Waals surface area contributed by atoms with Crippen LogP contribution in [0, 0.1) is 0 Å². The van der Waals surface area contributed by atoms with Crippen LogP contribution in [-0.4, -0.2) is 40.6 Å². The molecular weight excluding hydrogens is 550 g/mol. The van der Waals surface area contributed by atoms with Gasteiger partial charge in [0.2, 0.25) is 0 Å². The molecule has 224 valence electrons. The minimum atomic E-state index is -0.883. The van der Waals surface area contributed by atoms with Gasteiger partial charge < -0.3 is 14.8 Å². The number of methoxy groups -OCH3 is 1. The zero-order chi connectivity index (χ0) is 31.2. The summed E-state index contributed by atoms with van der Waals surface area (Å²) in [6.07, 6.45) is 3.53. The maximum absolute atomic E-state index is 12.4. The lowest BCUT2D eigenvalue weighted by atomic mass is 9.77. The van der Waals surface area contributed by atoms with Crippen molar-refractivity contribution in [3.05, 3.63) is 150 Å². The van der Waals surface area contributed by atoms with E-state index in [9.17, 15) is 9.59 Å². The van der Waals surface area contributed by atoms with Crippen molar-refractivity contribution in [1.29, 1.82) is 0 Å². The van der Waals surface area contributed by atoms with Gasteiger partial charge in [-0.2, -0.15) is 5.10 Å². The Kier molecular flexibility index (Phi) is 8.95. The minimum absolute atomic E-state index is 0.255. The summed E-state index contributed by atoms with van der Waals surface area (Å²) in [6, 6.07) is 38.2. The van der Waals surface area contributed by atoms with Gasteiger partial charge in [-0.05, 0) is 48.6 Å². The van der Waals surface area contributed by atoms with E-state index in [0.717, 1.165) is 33.4 Å². The first kappa shape index (κ1) is 30.3. The van der Waals surface area contributed by atoms with E-state index in [4.69, 9.17) is 14.6 Å². The number of carbonyl (C=O) groups is 2. The first-order chi connectivity index (χ1) is 21.2. The Morgan fingerprint density at radius 2 is 1.25 bits per heavy atom. The lowest BCUT2D eigenvalue weighted by Crippen LogP contribution is -2.45. The number of benzene rings is 4. The molecule has 7 heteroatoms. The fourth-order valence-electron chi connectivity index (χ4n) is 5.44. The zero-order valence-electron chi connectivity index (χ0n) is 25.4. The van der Waals surface area contributed by atoms with Gasteiger partial charge >= 0.3 is 12.1 Å². The van der Waals surface area contributed by atoms with Crippen LogP contribution in [0.25, 0.3) is 11.1 Å². The molecule has 0 saturated carbocycles. The topological polar surface area (TPSA) is 82.5 Å². The average molecular weight is 588 g/mol. The molecule has 0 radical (unpaired) electrons. The molecule has 1 heterocycles. The third kappa shape index (κ3) is 6.57. The number of ether oxygens (including phenoxy) is 2. The Hall–Kier alpha value is -5.17. The van der Waals surface area contributed by atoms with E-state index in [1.807, 2.05) is 53.3 Å². The van der Waals surface area contributed by atoms with E-state index in [-0.39, 0.29) is 6.42 Å². The van der Waals surface area contributed by atoms with Gasteiger partial charge in [0.1, 0.15) is 17.2 Å². The number of hydrogen-bond acceptors (Lipinski definition) is 5. The monoisotopic (exact) mass is 587 g/mol. The first-order valence-corrected chi connectivity index (χ1v) is 14.6. The fourth-order valence-corrected chi connectivity index (χ4v) is 5.44. The average Bonchev–Trinajstić information content (AvgIpc) is 3.52. The van der Waals surface area contributed by atoms with Crippen molar-refractivity contribution in [1.82, 2.24) is 15.1 Å². The Balaban J connectivity index is 1.48. The molecule has 0 aliphatic carbocycles. The molecule has 1 amide bonds. The maximum atomic E-state index is 12.4. The van der Waals surface area contributed by atoms with Gasteiger partial charge in [0.05, 0.1) is 13.3 Å². The summed E-state index contributed by atoms with van der Waals surface area (Å²) in [5, 5.41) is 7.59. The smallest absolute Gasteiger partial charge is 0.408 e. The second-order valence-electron chi connectivity index (χ2n) is 11.6. The van der Waals surface area contributed by atoms with Crippen molar-refractivity contribution in [3.8, 4) is 11.1 Å². The Bertz CT molecular complexity index is 1580. The van der Waals surface area contributed by atoms with Crippen LogP contribution in [0.5, 0.6) is 0 Å². The summed E-state index contributed by atoms with van der Waals surface area (Å²) in [4.78, 5) is 24.8. The van der Waals surface area contributed by atoms with Gasteiger partial charge in [-0.3, -0.25) is 4.68 Å². The second kappa shape index (κ2) is 13.0. The van der Waals surface area contributed by atoms with Gasteiger partial charge in [-0.15, -0.1) is 0 Å². The number of aromatic nitrogens is 2. The van der Waals surface area contributed by atoms with Crippen molar-refractivity contribution in [2.24, 2.45) is 0 Å². The normalized spacial score (nSPS) is 12.3. The van der Waals surface area contributed by atoms with Crippen molar-refractivity contribution in [3.63, 3.8) is 0 Å². The summed E-state index contributed by atoms with van der Waals surface area (Å²) in [5.41, 5.74) is 4.66. The van der Waals surface area contributed by atoms with E-state index in [0.29, 0.717) is 0 Å². The van der Waals surface area contributed by atoms with Crippen molar-refractivity contribution in [2.45, 2.75) is 44.4 Å². The molecule has 0 spiro atoms. The predicted octanol–water partition coefficient (Wildman–Crippen LogP) is 7.00. The van der Waals surface area contributed by atoms with E-state index < -0.39 is 29.2 Å². The van der Waals surface area contributed by atoms with Crippen molar-refractivity contribution < 1.29 is 19.1 Å².